The molecule has 0 heterocycles. The van der Waals surface area contributed by atoms with Crippen LogP contribution < -0.4 is 10.1 Å². The van der Waals surface area contributed by atoms with Crippen molar-refractivity contribution in [2.24, 2.45) is 0 Å². The molecule has 1 aromatic rings. The van der Waals surface area contributed by atoms with Gasteiger partial charge in [-0.3, -0.25) is 4.79 Å². The SMILES string of the molecule is CCOC(=O)c1cc(OC)ccc1NCCC(=O)O. The number of esters is 1. The van der Waals surface area contributed by atoms with Crippen molar-refractivity contribution in [1.29, 1.82) is 0 Å². The number of ether oxygens (including phenoxy) is 2. The highest BCUT2D eigenvalue weighted by atomic mass is 16.5. The lowest BCUT2D eigenvalue weighted by atomic mass is 10.1. The highest BCUT2D eigenvalue weighted by Crippen LogP contribution is 2.23. The average molecular weight is 267 g/mol. The molecule has 0 aromatic heterocycles. The van der Waals surface area contributed by atoms with E-state index in [1.165, 1.54) is 7.11 Å². The van der Waals surface area contributed by atoms with Gasteiger partial charge in [-0.2, -0.15) is 0 Å². The summed E-state index contributed by atoms with van der Waals surface area (Å²) < 4.78 is 10.00. The lowest BCUT2D eigenvalue weighted by Crippen LogP contribution is -2.12. The third-order valence-electron chi connectivity index (χ3n) is 2.38. The van der Waals surface area contributed by atoms with Crippen LogP contribution in [0.25, 0.3) is 0 Å². The predicted octanol–water partition coefficient (Wildman–Crippen LogP) is 1.76. The summed E-state index contributed by atoms with van der Waals surface area (Å²) in [6.07, 6.45) is -0.0334. The first-order valence-electron chi connectivity index (χ1n) is 5.89. The minimum atomic E-state index is -0.904. The smallest absolute Gasteiger partial charge is 0.340 e. The number of hydrogen-bond donors (Lipinski definition) is 2. The predicted molar refractivity (Wildman–Crippen MR) is 69.7 cm³/mol. The number of benzene rings is 1. The molecule has 1 aromatic carbocycles. The second-order valence-electron chi connectivity index (χ2n) is 3.70. The largest absolute Gasteiger partial charge is 0.497 e. The molecular weight excluding hydrogens is 250 g/mol. The van der Waals surface area contributed by atoms with Crippen LogP contribution in [0.2, 0.25) is 0 Å². The van der Waals surface area contributed by atoms with Gasteiger partial charge in [0.05, 0.1) is 25.7 Å². The number of methoxy groups -OCH3 is 1. The molecule has 19 heavy (non-hydrogen) atoms. The number of carbonyl (C=O) groups is 2. The number of nitrogens with one attached hydrogen (secondary N) is 1. The maximum Gasteiger partial charge on any atom is 0.340 e. The summed E-state index contributed by atoms with van der Waals surface area (Å²) in [5.41, 5.74) is 0.854. The van der Waals surface area contributed by atoms with E-state index < -0.39 is 11.9 Å². The van der Waals surface area contributed by atoms with Crippen LogP contribution in [-0.4, -0.2) is 37.3 Å². The molecular formula is C13H17NO5. The Morgan fingerprint density at radius 3 is 2.68 bits per heavy atom. The van der Waals surface area contributed by atoms with E-state index in [0.717, 1.165) is 0 Å². The van der Waals surface area contributed by atoms with Crippen molar-refractivity contribution in [3.8, 4) is 5.75 Å². The van der Waals surface area contributed by atoms with Crippen molar-refractivity contribution < 1.29 is 24.2 Å². The maximum absolute atomic E-state index is 11.8. The molecule has 0 aliphatic heterocycles. The summed E-state index contributed by atoms with van der Waals surface area (Å²) in [5.74, 6) is -0.843. The summed E-state index contributed by atoms with van der Waals surface area (Å²) in [6.45, 7) is 2.22. The Labute approximate surface area is 111 Å². The molecule has 0 amide bonds. The second-order valence-corrected chi connectivity index (χ2v) is 3.70. The number of carbonyl (C=O) groups excluding carboxylic acids is 1. The maximum atomic E-state index is 11.8. The van der Waals surface area contributed by atoms with Crippen LogP contribution in [0.15, 0.2) is 18.2 Å². The molecule has 0 saturated heterocycles. The number of carboxylic acids is 1. The van der Waals surface area contributed by atoms with Crippen LogP contribution in [0.1, 0.15) is 23.7 Å². The van der Waals surface area contributed by atoms with Crippen LogP contribution in [0.3, 0.4) is 0 Å². The molecule has 6 heteroatoms. The Morgan fingerprint density at radius 2 is 2.11 bits per heavy atom. The summed E-state index contributed by atoms with van der Waals surface area (Å²) >= 11 is 0. The first-order valence-corrected chi connectivity index (χ1v) is 5.89. The van der Waals surface area contributed by atoms with E-state index in [0.29, 0.717) is 17.0 Å². The van der Waals surface area contributed by atoms with Gasteiger partial charge >= 0.3 is 11.9 Å². The van der Waals surface area contributed by atoms with E-state index in [2.05, 4.69) is 5.32 Å². The fraction of sp³-hybridized carbons (Fsp3) is 0.385. The fourth-order valence-electron chi connectivity index (χ4n) is 1.49. The van der Waals surface area contributed by atoms with Gasteiger partial charge in [0.2, 0.25) is 0 Å². The number of rotatable bonds is 7. The van der Waals surface area contributed by atoms with E-state index in [1.807, 2.05) is 0 Å². The lowest BCUT2D eigenvalue weighted by molar-refractivity contribution is -0.136. The molecule has 0 aliphatic rings. The minimum absolute atomic E-state index is 0.0334. The van der Waals surface area contributed by atoms with Gasteiger partial charge in [-0.05, 0) is 25.1 Å². The van der Waals surface area contributed by atoms with Crippen molar-refractivity contribution in [1.82, 2.24) is 0 Å². The zero-order chi connectivity index (χ0) is 14.3. The number of hydrogen-bond acceptors (Lipinski definition) is 5. The molecule has 0 bridgehead atoms. The summed E-state index contributed by atoms with van der Waals surface area (Å²) in [5, 5.41) is 11.5. The summed E-state index contributed by atoms with van der Waals surface area (Å²) in [7, 11) is 1.50. The highest BCUT2D eigenvalue weighted by Gasteiger charge is 2.14. The minimum Gasteiger partial charge on any atom is -0.497 e. The van der Waals surface area contributed by atoms with E-state index in [-0.39, 0.29) is 19.6 Å². The lowest BCUT2D eigenvalue weighted by Gasteiger charge is -2.12. The summed E-state index contributed by atoms with van der Waals surface area (Å²) in [4.78, 5) is 22.3. The molecule has 0 radical (unpaired) electrons. The van der Waals surface area contributed by atoms with Crippen LogP contribution >= 0.6 is 0 Å². The van der Waals surface area contributed by atoms with Gasteiger partial charge in [0.25, 0.3) is 0 Å². The second kappa shape index (κ2) is 7.25. The Morgan fingerprint density at radius 1 is 1.37 bits per heavy atom. The van der Waals surface area contributed by atoms with Gasteiger partial charge in [0.15, 0.2) is 0 Å². The van der Waals surface area contributed by atoms with Crippen molar-refractivity contribution in [2.75, 3.05) is 25.6 Å². The Bertz CT molecular complexity index is 458. The quantitative estimate of drug-likeness (QED) is 0.732. The first kappa shape index (κ1) is 14.8. The van der Waals surface area contributed by atoms with E-state index in [4.69, 9.17) is 14.6 Å². The molecule has 0 atom stereocenters. The molecule has 1 rings (SSSR count). The molecule has 0 unspecified atom stereocenters. The van der Waals surface area contributed by atoms with Crippen LogP contribution in [0, 0.1) is 0 Å². The van der Waals surface area contributed by atoms with Crippen LogP contribution in [0.4, 0.5) is 5.69 Å². The average Bonchev–Trinajstić information content (AvgIpc) is 2.38. The molecule has 0 spiro atoms. The Balaban J connectivity index is 2.88. The van der Waals surface area contributed by atoms with E-state index in [1.54, 1.807) is 25.1 Å². The molecule has 0 aliphatic carbocycles. The normalized spacial score (nSPS) is 9.79. The fourth-order valence-corrected chi connectivity index (χ4v) is 1.49. The van der Waals surface area contributed by atoms with Crippen molar-refractivity contribution >= 4 is 17.6 Å². The van der Waals surface area contributed by atoms with Gasteiger partial charge in [-0.25, -0.2) is 4.79 Å². The molecule has 0 saturated carbocycles. The number of aliphatic carboxylic acids is 1. The first-order chi connectivity index (χ1) is 9.08. The Kier molecular flexibility index (Phi) is 5.66. The topological polar surface area (TPSA) is 84.9 Å². The standard InChI is InChI=1S/C13H17NO5/c1-3-19-13(17)10-8-9(18-2)4-5-11(10)14-7-6-12(15)16/h4-5,8,14H,3,6-7H2,1-2H3,(H,15,16). The van der Waals surface area contributed by atoms with Crippen LogP contribution in [0.5, 0.6) is 5.75 Å². The highest BCUT2D eigenvalue weighted by molar-refractivity contribution is 5.96. The van der Waals surface area contributed by atoms with Crippen LogP contribution in [-0.2, 0) is 9.53 Å². The molecule has 6 nitrogen and oxygen atoms in total. The molecule has 2 N–H and O–H groups in total. The van der Waals surface area contributed by atoms with Gasteiger partial charge in [0, 0.05) is 12.2 Å². The summed E-state index contributed by atoms with van der Waals surface area (Å²) in [6, 6.07) is 4.90. The number of carboxylic acid groups (broad SMARTS) is 1. The van der Waals surface area contributed by atoms with Crippen molar-refractivity contribution in [3.05, 3.63) is 23.8 Å². The van der Waals surface area contributed by atoms with Gasteiger partial charge in [0.1, 0.15) is 5.75 Å². The Hall–Kier alpha value is -2.24. The van der Waals surface area contributed by atoms with Gasteiger partial charge in [-0.15, -0.1) is 0 Å². The zero-order valence-electron chi connectivity index (χ0n) is 10.9. The van der Waals surface area contributed by atoms with Crippen molar-refractivity contribution in [3.63, 3.8) is 0 Å². The monoisotopic (exact) mass is 267 g/mol. The van der Waals surface area contributed by atoms with Gasteiger partial charge < -0.3 is 19.9 Å². The van der Waals surface area contributed by atoms with E-state index >= 15 is 0 Å². The van der Waals surface area contributed by atoms with E-state index in [9.17, 15) is 9.59 Å². The molecule has 0 fully saturated rings. The third kappa shape index (κ3) is 4.50. The zero-order valence-corrected chi connectivity index (χ0v) is 10.9. The molecule has 104 valence electrons. The third-order valence-corrected chi connectivity index (χ3v) is 2.38. The van der Waals surface area contributed by atoms with Crippen molar-refractivity contribution in [2.45, 2.75) is 13.3 Å². The number of anilines is 1. The van der Waals surface area contributed by atoms with Gasteiger partial charge in [-0.1, -0.05) is 0 Å².